The lowest BCUT2D eigenvalue weighted by molar-refractivity contribution is 0.401. The topological polar surface area (TPSA) is 34.1 Å². The molecule has 0 aliphatic heterocycles. The van der Waals surface area contributed by atoms with Crippen molar-refractivity contribution in [2.45, 2.75) is 26.4 Å². The van der Waals surface area contributed by atoms with E-state index in [4.69, 9.17) is 4.74 Å². The van der Waals surface area contributed by atoms with Crippen LogP contribution in [0.3, 0.4) is 0 Å². The number of halogens is 1. The fraction of sp³-hybridized carbons (Fsp3) is 0.312. The second-order valence-electron chi connectivity index (χ2n) is 4.80. The number of nitrogens with zero attached hydrogens (tertiary/aromatic N) is 1. The Morgan fingerprint density at radius 1 is 1.30 bits per heavy atom. The molecule has 0 amide bonds. The number of benzene rings is 1. The first-order valence-electron chi connectivity index (χ1n) is 6.59. The summed E-state index contributed by atoms with van der Waals surface area (Å²) < 4.78 is 6.29. The van der Waals surface area contributed by atoms with Crippen molar-refractivity contribution in [2.24, 2.45) is 0 Å². The Morgan fingerprint density at radius 3 is 2.80 bits per heavy atom. The van der Waals surface area contributed by atoms with E-state index >= 15 is 0 Å². The third kappa shape index (κ3) is 3.81. The van der Waals surface area contributed by atoms with Crippen molar-refractivity contribution < 1.29 is 4.74 Å². The van der Waals surface area contributed by atoms with Crippen molar-refractivity contribution in [3.63, 3.8) is 0 Å². The first kappa shape index (κ1) is 15.0. The van der Waals surface area contributed by atoms with Crippen LogP contribution >= 0.6 is 15.9 Å². The maximum Gasteiger partial charge on any atom is 0.123 e. The van der Waals surface area contributed by atoms with Gasteiger partial charge in [-0.1, -0.05) is 23.8 Å². The Balaban J connectivity index is 2.08. The second kappa shape index (κ2) is 6.86. The second-order valence-corrected chi connectivity index (χ2v) is 5.61. The van der Waals surface area contributed by atoms with Gasteiger partial charge >= 0.3 is 0 Å². The summed E-state index contributed by atoms with van der Waals surface area (Å²) in [4.78, 5) is 4.42. The zero-order valence-corrected chi connectivity index (χ0v) is 13.6. The molecule has 0 saturated heterocycles. The SMILES string of the molecule is COc1ccc(C)cc1C(C)NCc1cccc(Br)n1. The molecular formula is C16H19BrN2O. The molecule has 1 atom stereocenters. The van der Waals surface area contributed by atoms with Crippen LogP contribution in [0.15, 0.2) is 41.0 Å². The molecule has 20 heavy (non-hydrogen) atoms. The van der Waals surface area contributed by atoms with Crippen LogP contribution in [-0.4, -0.2) is 12.1 Å². The summed E-state index contributed by atoms with van der Waals surface area (Å²) in [5.74, 6) is 0.915. The van der Waals surface area contributed by atoms with Gasteiger partial charge in [-0.25, -0.2) is 4.98 Å². The van der Waals surface area contributed by atoms with Crippen molar-refractivity contribution in [3.8, 4) is 5.75 Å². The third-order valence-electron chi connectivity index (χ3n) is 3.21. The van der Waals surface area contributed by atoms with E-state index in [9.17, 15) is 0 Å². The van der Waals surface area contributed by atoms with Gasteiger partial charge in [-0.3, -0.25) is 0 Å². The highest BCUT2D eigenvalue weighted by molar-refractivity contribution is 9.10. The molecule has 1 heterocycles. The first-order chi connectivity index (χ1) is 9.60. The fourth-order valence-electron chi connectivity index (χ4n) is 2.11. The van der Waals surface area contributed by atoms with Gasteiger partial charge in [0.2, 0.25) is 0 Å². The minimum absolute atomic E-state index is 0.200. The molecule has 2 aromatic rings. The van der Waals surface area contributed by atoms with E-state index in [1.165, 1.54) is 11.1 Å². The lowest BCUT2D eigenvalue weighted by Gasteiger charge is -2.18. The molecule has 1 aromatic heterocycles. The molecule has 0 bridgehead atoms. The third-order valence-corrected chi connectivity index (χ3v) is 3.66. The van der Waals surface area contributed by atoms with Crippen LogP contribution in [0.1, 0.15) is 29.8 Å². The molecule has 1 unspecified atom stereocenters. The largest absolute Gasteiger partial charge is 0.496 e. The van der Waals surface area contributed by atoms with Gasteiger partial charge in [-0.15, -0.1) is 0 Å². The lowest BCUT2D eigenvalue weighted by atomic mass is 10.0. The molecule has 0 fully saturated rings. The quantitative estimate of drug-likeness (QED) is 0.839. The van der Waals surface area contributed by atoms with Gasteiger partial charge in [-0.2, -0.15) is 0 Å². The number of rotatable bonds is 5. The zero-order chi connectivity index (χ0) is 14.5. The summed E-state index contributed by atoms with van der Waals surface area (Å²) in [5.41, 5.74) is 3.41. The van der Waals surface area contributed by atoms with Crippen LogP contribution in [0.2, 0.25) is 0 Å². The number of hydrogen-bond donors (Lipinski definition) is 1. The summed E-state index contributed by atoms with van der Waals surface area (Å²) in [7, 11) is 1.71. The summed E-state index contributed by atoms with van der Waals surface area (Å²) >= 11 is 3.39. The average Bonchev–Trinajstić information content (AvgIpc) is 2.45. The fourth-order valence-corrected chi connectivity index (χ4v) is 2.49. The van der Waals surface area contributed by atoms with Gasteiger partial charge in [0.1, 0.15) is 10.4 Å². The highest BCUT2D eigenvalue weighted by atomic mass is 79.9. The van der Waals surface area contributed by atoms with Crippen LogP contribution in [-0.2, 0) is 6.54 Å². The van der Waals surface area contributed by atoms with E-state index in [1.807, 2.05) is 24.3 Å². The Kier molecular flexibility index (Phi) is 5.15. The van der Waals surface area contributed by atoms with E-state index < -0.39 is 0 Å². The van der Waals surface area contributed by atoms with Gasteiger partial charge in [-0.05, 0) is 48.0 Å². The summed E-state index contributed by atoms with van der Waals surface area (Å²) in [6.45, 7) is 4.94. The molecule has 0 saturated carbocycles. The Hall–Kier alpha value is -1.39. The molecule has 3 nitrogen and oxygen atoms in total. The van der Waals surface area contributed by atoms with Crippen LogP contribution in [0.4, 0.5) is 0 Å². The Bertz CT molecular complexity index is 586. The molecule has 0 spiro atoms. The van der Waals surface area contributed by atoms with Gasteiger partial charge in [0.05, 0.1) is 12.8 Å². The molecule has 4 heteroatoms. The molecule has 0 radical (unpaired) electrons. The Labute approximate surface area is 128 Å². The summed E-state index contributed by atoms with van der Waals surface area (Å²) in [5, 5.41) is 3.48. The molecule has 106 valence electrons. The van der Waals surface area contributed by atoms with E-state index in [2.05, 4.69) is 52.2 Å². The van der Waals surface area contributed by atoms with Crippen LogP contribution in [0.5, 0.6) is 5.75 Å². The highest BCUT2D eigenvalue weighted by Crippen LogP contribution is 2.26. The van der Waals surface area contributed by atoms with Crippen LogP contribution in [0, 0.1) is 6.92 Å². The van der Waals surface area contributed by atoms with Gasteiger partial charge in [0, 0.05) is 18.2 Å². The number of methoxy groups -OCH3 is 1. The van der Waals surface area contributed by atoms with Crippen molar-refractivity contribution in [3.05, 3.63) is 57.8 Å². The molecule has 1 aromatic carbocycles. The number of hydrogen-bond acceptors (Lipinski definition) is 3. The van der Waals surface area contributed by atoms with Crippen LogP contribution < -0.4 is 10.1 Å². The number of ether oxygens (including phenoxy) is 1. The van der Waals surface area contributed by atoms with Crippen molar-refractivity contribution in [1.82, 2.24) is 10.3 Å². The molecular weight excluding hydrogens is 316 g/mol. The van der Waals surface area contributed by atoms with E-state index in [0.717, 1.165) is 22.6 Å². The summed E-state index contributed by atoms with van der Waals surface area (Å²) in [6, 6.07) is 12.4. The Morgan fingerprint density at radius 2 is 2.10 bits per heavy atom. The minimum Gasteiger partial charge on any atom is -0.496 e. The standard InChI is InChI=1S/C16H19BrN2O/c1-11-7-8-15(20-3)14(9-11)12(2)18-10-13-5-4-6-16(17)19-13/h4-9,12,18H,10H2,1-3H3. The maximum absolute atomic E-state index is 5.43. The maximum atomic E-state index is 5.43. The monoisotopic (exact) mass is 334 g/mol. The molecule has 1 N–H and O–H groups in total. The number of aryl methyl sites for hydroxylation is 1. The predicted molar refractivity (Wildman–Crippen MR) is 84.9 cm³/mol. The molecule has 0 aliphatic rings. The predicted octanol–water partition coefficient (Wildman–Crippen LogP) is 4.01. The van der Waals surface area contributed by atoms with E-state index in [0.29, 0.717) is 0 Å². The lowest BCUT2D eigenvalue weighted by Crippen LogP contribution is -2.19. The van der Waals surface area contributed by atoms with Crippen LogP contribution in [0.25, 0.3) is 0 Å². The first-order valence-corrected chi connectivity index (χ1v) is 7.39. The minimum atomic E-state index is 0.200. The molecule has 0 aliphatic carbocycles. The average molecular weight is 335 g/mol. The van der Waals surface area contributed by atoms with Crippen molar-refractivity contribution in [2.75, 3.05) is 7.11 Å². The van der Waals surface area contributed by atoms with Crippen molar-refractivity contribution in [1.29, 1.82) is 0 Å². The highest BCUT2D eigenvalue weighted by Gasteiger charge is 2.11. The number of aromatic nitrogens is 1. The smallest absolute Gasteiger partial charge is 0.123 e. The molecule has 2 rings (SSSR count). The van der Waals surface area contributed by atoms with Gasteiger partial charge < -0.3 is 10.1 Å². The van der Waals surface area contributed by atoms with Gasteiger partial charge in [0.25, 0.3) is 0 Å². The normalized spacial score (nSPS) is 12.2. The van der Waals surface area contributed by atoms with Gasteiger partial charge in [0.15, 0.2) is 0 Å². The van der Waals surface area contributed by atoms with E-state index in [-0.39, 0.29) is 6.04 Å². The number of nitrogens with one attached hydrogen (secondary N) is 1. The van der Waals surface area contributed by atoms with E-state index in [1.54, 1.807) is 7.11 Å². The van der Waals surface area contributed by atoms with Crippen molar-refractivity contribution >= 4 is 15.9 Å². The number of pyridine rings is 1. The summed E-state index contributed by atoms with van der Waals surface area (Å²) in [6.07, 6.45) is 0. The zero-order valence-electron chi connectivity index (χ0n) is 12.0.